The van der Waals surface area contributed by atoms with Crippen molar-refractivity contribution in [1.82, 2.24) is 29.1 Å². The summed E-state index contributed by atoms with van der Waals surface area (Å²) < 4.78 is 11.3. The molecule has 1 aliphatic carbocycles. The van der Waals surface area contributed by atoms with E-state index in [1.165, 1.54) is 27.1 Å². The van der Waals surface area contributed by atoms with Crippen molar-refractivity contribution in [2.75, 3.05) is 0 Å². The lowest BCUT2D eigenvalue weighted by Crippen LogP contribution is -2.10. The first-order valence-electron chi connectivity index (χ1n) is 20.0. The van der Waals surface area contributed by atoms with E-state index in [9.17, 15) is 0 Å². The van der Waals surface area contributed by atoms with E-state index in [2.05, 4.69) is 118 Å². The van der Waals surface area contributed by atoms with Crippen LogP contribution in [-0.2, 0) is 0 Å². The van der Waals surface area contributed by atoms with Gasteiger partial charge in [0.2, 0.25) is 5.89 Å². The first-order valence-corrected chi connectivity index (χ1v) is 20.0. The average molecular weight is 767 g/mol. The fourth-order valence-electron chi connectivity index (χ4n) is 8.80. The molecule has 4 heterocycles. The topological polar surface area (TPSA) is 74.6 Å². The van der Waals surface area contributed by atoms with Gasteiger partial charge in [0.1, 0.15) is 5.52 Å². The van der Waals surface area contributed by atoms with Crippen LogP contribution in [0.4, 0.5) is 0 Å². The van der Waals surface area contributed by atoms with Gasteiger partial charge in [0, 0.05) is 60.4 Å². The van der Waals surface area contributed by atoms with Gasteiger partial charge in [-0.15, -0.1) is 5.73 Å². The molecule has 0 spiro atoms. The predicted molar refractivity (Wildman–Crippen MR) is 240 cm³/mol. The molecular weight excluding hydrogens is 737 g/mol. The fourth-order valence-corrected chi connectivity index (χ4v) is 8.80. The maximum Gasteiger partial charge on any atom is 0.227 e. The quantitative estimate of drug-likeness (QED) is 0.168. The Morgan fingerprint density at radius 2 is 1.03 bits per heavy atom. The van der Waals surface area contributed by atoms with E-state index in [1.54, 1.807) is 0 Å². The van der Waals surface area contributed by atoms with Gasteiger partial charge in [0.05, 0.1) is 27.3 Å². The van der Waals surface area contributed by atoms with Gasteiger partial charge >= 0.3 is 0 Å². The molecule has 1 aliphatic rings. The highest BCUT2D eigenvalue weighted by Crippen LogP contribution is 2.39. The monoisotopic (exact) mass is 766 g/mol. The minimum Gasteiger partial charge on any atom is -0.436 e. The van der Waals surface area contributed by atoms with Crippen LogP contribution < -0.4 is 10.4 Å². The molecule has 12 aromatic rings. The fraction of sp³-hybridized carbons (Fsp3) is 0. The maximum absolute atomic E-state index is 6.58. The molecule has 0 saturated heterocycles. The van der Waals surface area contributed by atoms with Gasteiger partial charge in [-0.2, -0.15) is 0 Å². The Kier molecular flexibility index (Phi) is 6.84. The number of fused-ring (bicyclic) bond motifs is 9. The Bertz CT molecular complexity index is 3800. The summed E-state index contributed by atoms with van der Waals surface area (Å²) >= 11 is 0. The molecule has 0 radical (unpaired) electrons. The van der Waals surface area contributed by atoms with E-state index >= 15 is 0 Å². The van der Waals surface area contributed by atoms with Gasteiger partial charge in [-0.25, -0.2) is 19.9 Å². The highest BCUT2D eigenvalue weighted by atomic mass is 16.3. The molecule has 4 aromatic heterocycles. The van der Waals surface area contributed by atoms with Gasteiger partial charge in [-0.1, -0.05) is 109 Å². The third-order valence-corrected chi connectivity index (χ3v) is 11.6. The molecule has 0 aliphatic heterocycles. The van der Waals surface area contributed by atoms with Crippen LogP contribution >= 0.6 is 0 Å². The molecule has 278 valence electrons. The molecule has 0 bridgehead atoms. The SMILES string of the molecule is C1=c2ccc3c4cc5c6ccccc6n(-c6ccccc6)c5cc4n(-c4cccc(-c5nc6ccc(-c7nc(-c8ccccc8)nc(-c8ccccc8)n7)cc6o5)c4)c3c2=1. The van der Waals surface area contributed by atoms with E-state index in [-0.39, 0.29) is 0 Å². The molecule has 7 nitrogen and oxygen atoms in total. The molecule has 0 amide bonds. The molecular formula is C53H30N6O. The number of rotatable bonds is 6. The zero-order chi connectivity index (χ0) is 39.3. The van der Waals surface area contributed by atoms with Crippen molar-refractivity contribution in [3.63, 3.8) is 0 Å². The number of nitrogens with zero attached hydrogens (tertiary/aromatic N) is 6. The molecule has 0 fully saturated rings. The normalized spacial score (nSPS) is 12.0. The van der Waals surface area contributed by atoms with Gasteiger partial charge in [0.15, 0.2) is 23.1 Å². The van der Waals surface area contributed by atoms with Crippen LogP contribution in [0.15, 0.2) is 186 Å². The number of benzene rings is 8. The molecule has 13 rings (SSSR count). The van der Waals surface area contributed by atoms with Gasteiger partial charge in [0.25, 0.3) is 0 Å². The van der Waals surface area contributed by atoms with E-state index < -0.39 is 0 Å². The van der Waals surface area contributed by atoms with Crippen LogP contribution in [0.2, 0.25) is 0 Å². The standard InChI is InChI=1S/C53H30N6O/c1-4-13-32(14-5-1)50-55-51(33-15-6-2-7-16-33)57-52(56-50)35-24-26-44-48(29-35)60-53(54-44)36-17-12-20-38(27-36)59-47-31-46-42(30-43(47)40-25-23-34-28-41(34)49(40)59)39-21-10-11-22-45(39)58(46)37-18-8-3-9-19-37/h1-27,29-31H. The van der Waals surface area contributed by atoms with Crippen molar-refractivity contribution >= 4 is 60.4 Å². The van der Waals surface area contributed by atoms with Gasteiger partial charge in [-0.3, -0.25) is 0 Å². The molecule has 7 heteroatoms. The van der Waals surface area contributed by atoms with Crippen LogP contribution in [0.3, 0.4) is 0 Å². The number of hydrogen-bond acceptors (Lipinski definition) is 5. The Labute approximate surface area is 342 Å². The van der Waals surface area contributed by atoms with Crippen LogP contribution in [0.1, 0.15) is 0 Å². The Morgan fingerprint density at radius 3 is 1.80 bits per heavy atom. The van der Waals surface area contributed by atoms with Crippen LogP contribution in [0.5, 0.6) is 0 Å². The smallest absolute Gasteiger partial charge is 0.227 e. The molecule has 0 unspecified atom stereocenters. The lowest BCUT2D eigenvalue weighted by atomic mass is 10.1. The van der Waals surface area contributed by atoms with Crippen molar-refractivity contribution in [3.8, 4) is 57.0 Å². The van der Waals surface area contributed by atoms with E-state index in [0.29, 0.717) is 28.9 Å². The second kappa shape index (κ2) is 12.6. The third kappa shape index (κ3) is 5.04. The van der Waals surface area contributed by atoms with Crippen molar-refractivity contribution in [3.05, 3.63) is 192 Å². The zero-order valence-electron chi connectivity index (χ0n) is 31.9. The maximum atomic E-state index is 6.58. The average Bonchev–Trinajstić information content (AvgIpc) is 3.71. The largest absolute Gasteiger partial charge is 0.436 e. The molecule has 60 heavy (non-hydrogen) atoms. The third-order valence-electron chi connectivity index (χ3n) is 11.6. The second-order valence-corrected chi connectivity index (χ2v) is 15.2. The van der Waals surface area contributed by atoms with E-state index in [1.807, 2.05) is 78.9 Å². The van der Waals surface area contributed by atoms with Gasteiger partial charge < -0.3 is 13.6 Å². The Hall–Kier alpha value is -8.38. The van der Waals surface area contributed by atoms with Crippen LogP contribution in [0.25, 0.3) is 117 Å². The van der Waals surface area contributed by atoms with Crippen LogP contribution in [0, 0.1) is 0 Å². The summed E-state index contributed by atoms with van der Waals surface area (Å²) in [4.78, 5) is 19.7. The van der Waals surface area contributed by atoms with Crippen molar-refractivity contribution in [1.29, 1.82) is 0 Å². The highest BCUT2D eigenvalue weighted by Gasteiger charge is 2.22. The molecule has 0 N–H and O–H groups in total. The number of hydrogen-bond donors (Lipinski definition) is 0. The Balaban J connectivity index is 0.957. The summed E-state index contributed by atoms with van der Waals surface area (Å²) in [6, 6.07) is 62.9. The number of aromatic nitrogens is 6. The highest BCUT2D eigenvalue weighted by molar-refractivity contribution is 6.19. The minimum absolute atomic E-state index is 0.538. The zero-order valence-corrected chi connectivity index (χ0v) is 31.9. The molecule has 0 saturated carbocycles. The van der Waals surface area contributed by atoms with Crippen molar-refractivity contribution in [2.45, 2.75) is 0 Å². The summed E-state index contributed by atoms with van der Waals surface area (Å²) in [5, 5.41) is 7.18. The van der Waals surface area contributed by atoms with E-state index in [4.69, 9.17) is 24.4 Å². The van der Waals surface area contributed by atoms with Crippen LogP contribution in [-0.4, -0.2) is 29.1 Å². The van der Waals surface area contributed by atoms with Crippen molar-refractivity contribution < 1.29 is 4.42 Å². The number of oxazole rings is 1. The summed E-state index contributed by atoms with van der Waals surface area (Å²) in [5.74, 6) is 2.31. The number of para-hydroxylation sites is 2. The lowest BCUT2D eigenvalue weighted by molar-refractivity contribution is 0.620. The summed E-state index contributed by atoms with van der Waals surface area (Å²) in [7, 11) is 0. The molecule has 0 atom stereocenters. The summed E-state index contributed by atoms with van der Waals surface area (Å²) in [5.41, 5.74) is 15.2. The molecule has 8 aromatic carbocycles. The lowest BCUT2D eigenvalue weighted by Gasteiger charge is -2.10. The summed E-state index contributed by atoms with van der Waals surface area (Å²) in [6.45, 7) is 0. The summed E-state index contributed by atoms with van der Waals surface area (Å²) in [6.07, 6.45) is 0. The Morgan fingerprint density at radius 1 is 0.400 bits per heavy atom. The first-order chi connectivity index (χ1) is 29.7. The first kappa shape index (κ1) is 32.7. The second-order valence-electron chi connectivity index (χ2n) is 15.2. The predicted octanol–water partition coefficient (Wildman–Crippen LogP) is 10.9. The van der Waals surface area contributed by atoms with Crippen molar-refractivity contribution in [2.24, 2.45) is 0 Å². The minimum atomic E-state index is 0.538. The van der Waals surface area contributed by atoms with E-state index in [0.717, 1.165) is 66.1 Å². The van der Waals surface area contributed by atoms with Gasteiger partial charge in [-0.05, 0) is 72.8 Å².